The third kappa shape index (κ3) is 1.22. The number of hydrogen-bond donors (Lipinski definition) is 2. The molecule has 1 spiro atoms. The smallest absolute Gasteiger partial charge is 0.220 e. The number of carbonyl (C=O) groups is 1. The van der Waals surface area contributed by atoms with Crippen LogP contribution < -0.4 is 11.1 Å². The van der Waals surface area contributed by atoms with Crippen molar-refractivity contribution in [3.63, 3.8) is 0 Å². The van der Waals surface area contributed by atoms with Gasteiger partial charge in [0.2, 0.25) is 5.91 Å². The zero-order valence-corrected chi connectivity index (χ0v) is 7.31. The third-order valence-electron chi connectivity index (χ3n) is 3.34. The lowest BCUT2D eigenvalue weighted by Crippen LogP contribution is -2.57. The summed E-state index contributed by atoms with van der Waals surface area (Å²) in [4.78, 5) is 11.0. The van der Waals surface area contributed by atoms with Crippen molar-refractivity contribution in [2.24, 2.45) is 11.7 Å². The van der Waals surface area contributed by atoms with Gasteiger partial charge in [0.25, 0.3) is 0 Å². The standard InChI is InChI=1S/C9H16N2O/c10-8(12)7-2-5-11-9(6-7)3-1-4-9/h7,11H,1-6H2,(H2,10,12). The molecule has 1 heterocycles. The van der Waals surface area contributed by atoms with E-state index in [1.165, 1.54) is 19.3 Å². The minimum atomic E-state index is -0.109. The van der Waals surface area contributed by atoms with Crippen LogP contribution in [0.2, 0.25) is 0 Å². The van der Waals surface area contributed by atoms with E-state index in [1.54, 1.807) is 0 Å². The molecule has 0 bridgehead atoms. The quantitative estimate of drug-likeness (QED) is 0.595. The number of primary amides is 1. The lowest BCUT2D eigenvalue weighted by molar-refractivity contribution is -0.124. The first kappa shape index (κ1) is 8.05. The van der Waals surface area contributed by atoms with E-state index in [-0.39, 0.29) is 11.8 Å². The van der Waals surface area contributed by atoms with Gasteiger partial charge in [0.05, 0.1) is 0 Å². The molecule has 12 heavy (non-hydrogen) atoms. The molecule has 2 rings (SSSR count). The Morgan fingerprint density at radius 3 is 2.75 bits per heavy atom. The lowest BCUT2D eigenvalue weighted by atomic mass is 9.68. The second kappa shape index (κ2) is 2.73. The predicted molar refractivity (Wildman–Crippen MR) is 46.5 cm³/mol. The van der Waals surface area contributed by atoms with Gasteiger partial charge in [-0.15, -0.1) is 0 Å². The maximum atomic E-state index is 11.0. The average Bonchev–Trinajstić information content (AvgIpc) is 2.02. The van der Waals surface area contributed by atoms with E-state index in [2.05, 4.69) is 5.32 Å². The molecule has 1 aliphatic heterocycles. The summed E-state index contributed by atoms with van der Waals surface area (Å²) in [6.45, 7) is 0.966. The molecule has 1 aliphatic carbocycles. The van der Waals surface area contributed by atoms with Gasteiger partial charge in [-0.1, -0.05) is 0 Å². The summed E-state index contributed by atoms with van der Waals surface area (Å²) in [6.07, 6.45) is 5.67. The fourth-order valence-corrected chi connectivity index (χ4v) is 2.38. The highest BCUT2D eigenvalue weighted by molar-refractivity contribution is 5.76. The molecule has 1 atom stereocenters. The minimum Gasteiger partial charge on any atom is -0.369 e. The van der Waals surface area contributed by atoms with E-state index in [1.807, 2.05) is 0 Å². The number of amides is 1. The first-order chi connectivity index (χ1) is 5.72. The summed E-state index contributed by atoms with van der Waals surface area (Å²) >= 11 is 0. The summed E-state index contributed by atoms with van der Waals surface area (Å²) in [5, 5.41) is 3.51. The van der Waals surface area contributed by atoms with Crippen molar-refractivity contribution in [2.45, 2.75) is 37.6 Å². The van der Waals surface area contributed by atoms with Crippen molar-refractivity contribution in [3.05, 3.63) is 0 Å². The van der Waals surface area contributed by atoms with Crippen LogP contribution in [0.15, 0.2) is 0 Å². The normalized spacial score (nSPS) is 32.8. The van der Waals surface area contributed by atoms with Crippen LogP contribution in [0, 0.1) is 5.92 Å². The first-order valence-electron chi connectivity index (χ1n) is 4.76. The second-order valence-corrected chi connectivity index (χ2v) is 4.15. The van der Waals surface area contributed by atoms with Crippen LogP contribution in [-0.2, 0) is 4.79 Å². The van der Waals surface area contributed by atoms with Crippen molar-refractivity contribution in [3.8, 4) is 0 Å². The van der Waals surface area contributed by atoms with Crippen molar-refractivity contribution in [1.82, 2.24) is 5.32 Å². The van der Waals surface area contributed by atoms with Gasteiger partial charge in [-0.25, -0.2) is 0 Å². The van der Waals surface area contributed by atoms with E-state index in [9.17, 15) is 4.79 Å². The van der Waals surface area contributed by atoms with E-state index < -0.39 is 0 Å². The Morgan fingerprint density at radius 2 is 2.25 bits per heavy atom. The molecule has 3 heteroatoms. The van der Waals surface area contributed by atoms with Crippen molar-refractivity contribution in [1.29, 1.82) is 0 Å². The highest BCUT2D eigenvalue weighted by Gasteiger charge is 2.42. The fraction of sp³-hybridized carbons (Fsp3) is 0.889. The van der Waals surface area contributed by atoms with Gasteiger partial charge in [-0.2, -0.15) is 0 Å². The number of rotatable bonds is 1. The summed E-state index contributed by atoms with van der Waals surface area (Å²) < 4.78 is 0. The Balaban J connectivity index is 1.98. The van der Waals surface area contributed by atoms with Crippen LogP contribution in [0.3, 0.4) is 0 Å². The lowest BCUT2D eigenvalue weighted by Gasteiger charge is -2.47. The largest absolute Gasteiger partial charge is 0.369 e. The SMILES string of the molecule is NC(=O)C1CCNC2(CCC2)C1. The monoisotopic (exact) mass is 168 g/mol. The molecule has 3 N–H and O–H groups in total. The van der Waals surface area contributed by atoms with Gasteiger partial charge in [-0.3, -0.25) is 4.79 Å². The third-order valence-corrected chi connectivity index (χ3v) is 3.34. The molecule has 1 saturated carbocycles. The molecule has 2 aliphatic rings. The number of nitrogens with two attached hydrogens (primary N) is 1. The number of nitrogens with one attached hydrogen (secondary N) is 1. The second-order valence-electron chi connectivity index (χ2n) is 4.15. The number of hydrogen-bond acceptors (Lipinski definition) is 2. The van der Waals surface area contributed by atoms with Crippen molar-refractivity contribution < 1.29 is 4.79 Å². The van der Waals surface area contributed by atoms with Crippen molar-refractivity contribution >= 4 is 5.91 Å². The molecule has 1 unspecified atom stereocenters. The van der Waals surface area contributed by atoms with E-state index in [0.29, 0.717) is 5.54 Å². The molecule has 68 valence electrons. The van der Waals surface area contributed by atoms with Gasteiger partial charge >= 0.3 is 0 Å². The average molecular weight is 168 g/mol. The van der Waals surface area contributed by atoms with Gasteiger partial charge < -0.3 is 11.1 Å². The maximum absolute atomic E-state index is 11.0. The fourth-order valence-electron chi connectivity index (χ4n) is 2.38. The molecular formula is C9H16N2O. The van der Waals surface area contributed by atoms with Gasteiger partial charge in [-0.05, 0) is 38.6 Å². The van der Waals surface area contributed by atoms with Crippen LogP contribution in [0.1, 0.15) is 32.1 Å². The molecule has 2 fully saturated rings. The number of carbonyl (C=O) groups excluding carboxylic acids is 1. The van der Waals surface area contributed by atoms with Crippen LogP contribution >= 0.6 is 0 Å². The Morgan fingerprint density at radius 1 is 1.50 bits per heavy atom. The first-order valence-corrected chi connectivity index (χ1v) is 4.76. The Labute approximate surface area is 72.7 Å². The zero-order chi connectivity index (χ0) is 8.60. The summed E-state index contributed by atoms with van der Waals surface area (Å²) in [7, 11) is 0. The van der Waals surface area contributed by atoms with Crippen LogP contribution in [0.4, 0.5) is 0 Å². The summed E-state index contributed by atoms with van der Waals surface area (Å²) in [5.74, 6) is 0.0225. The molecule has 3 nitrogen and oxygen atoms in total. The van der Waals surface area contributed by atoms with E-state index in [0.717, 1.165) is 19.4 Å². The number of piperidine rings is 1. The molecule has 0 aromatic carbocycles. The zero-order valence-electron chi connectivity index (χ0n) is 7.31. The highest BCUT2D eigenvalue weighted by Crippen LogP contribution is 2.40. The van der Waals surface area contributed by atoms with Gasteiger partial charge in [0.15, 0.2) is 0 Å². The Hall–Kier alpha value is -0.570. The van der Waals surface area contributed by atoms with Crippen LogP contribution in [0.5, 0.6) is 0 Å². The van der Waals surface area contributed by atoms with E-state index >= 15 is 0 Å². The molecular weight excluding hydrogens is 152 g/mol. The molecule has 0 aromatic rings. The molecule has 0 radical (unpaired) electrons. The topological polar surface area (TPSA) is 55.1 Å². The van der Waals surface area contributed by atoms with Gasteiger partial charge in [0, 0.05) is 11.5 Å². The maximum Gasteiger partial charge on any atom is 0.220 e. The van der Waals surface area contributed by atoms with E-state index in [4.69, 9.17) is 5.73 Å². The summed E-state index contributed by atoms with van der Waals surface area (Å²) in [5.41, 5.74) is 5.60. The Bertz CT molecular complexity index is 199. The summed E-state index contributed by atoms with van der Waals surface area (Å²) in [6, 6.07) is 0. The highest BCUT2D eigenvalue weighted by atomic mass is 16.1. The Kier molecular flexibility index (Phi) is 1.83. The van der Waals surface area contributed by atoms with Crippen LogP contribution in [-0.4, -0.2) is 18.0 Å². The molecule has 0 aromatic heterocycles. The minimum absolute atomic E-state index is 0.109. The predicted octanol–water partition coefficient (Wildman–Crippen LogP) is 0.394. The molecule has 1 saturated heterocycles. The van der Waals surface area contributed by atoms with Gasteiger partial charge in [0.1, 0.15) is 0 Å². The van der Waals surface area contributed by atoms with Crippen LogP contribution in [0.25, 0.3) is 0 Å². The molecule has 1 amide bonds. The van der Waals surface area contributed by atoms with Crippen molar-refractivity contribution in [2.75, 3.05) is 6.54 Å².